The molecule has 0 unspecified atom stereocenters. The van der Waals surface area contributed by atoms with Crippen molar-refractivity contribution in [2.24, 2.45) is 0 Å². The van der Waals surface area contributed by atoms with Crippen LogP contribution in [0, 0.1) is 28.4 Å². The molecule has 4 nitrogen and oxygen atoms in total. The molecule has 0 fully saturated rings. The van der Waals surface area contributed by atoms with E-state index in [1.165, 1.54) is 6.07 Å². The predicted octanol–water partition coefficient (Wildman–Crippen LogP) is 2.73. The molecular formula is C9H7BrN2O2. The zero-order valence-electron chi connectivity index (χ0n) is 7.45. The fourth-order valence-electron chi connectivity index (χ4n) is 1.15. The highest BCUT2D eigenvalue weighted by Gasteiger charge is 2.17. The van der Waals surface area contributed by atoms with Gasteiger partial charge in [-0.3, -0.25) is 10.1 Å². The molecule has 5 heteroatoms. The Kier molecular flexibility index (Phi) is 3.20. The van der Waals surface area contributed by atoms with E-state index in [2.05, 4.69) is 15.9 Å². The molecule has 0 saturated carbocycles. The second kappa shape index (κ2) is 4.20. The van der Waals surface area contributed by atoms with Crippen molar-refractivity contribution in [2.75, 3.05) is 0 Å². The molecule has 0 spiro atoms. The molecule has 0 aromatic heterocycles. The van der Waals surface area contributed by atoms with Crippen molar-refractivity contribution in [1.82, 2.24) is 0 Å². The van der Waals surface area contributed by atoms with Crippen LogP contribution in [0.5, 0.6) is 0 Å². The van der Waals surface area contributed by atoms with Crippen LogP contribution in [-0.4, -0.2) is 4.92 Å². The Balaban J connectivity index is 3.39. The van der Waals surface area contributed by atoms with Crippen molar-refractivity contribution in [3.05, 3.63) is 37.8 Å². The van der Waals surface area contributed by atoms with Gasteiger partial charge in [-0.25, -0.2) is 0 Å². The third kappa shape index (κ3) is 1.91. The SMILES string of the molecule is Cc1ccc([N+](=O)[O-])c(CC#N)c1Br. The lowest BCUT2D eigenvalue weighted by Gasteiger charge is -2.04. The first kappa shape index (κ1) is 10.7. The number of hydrogen-bond acceptors (Lipinski definition) is 3. The molecule has 0 aliphatic rings. The van der Waals surface area contributed by atoms with E-state index >= 15 is 0 Å². The Morgan fingerprint density at radius 1 is 1.64 bits per heavy atom. The quantitative estimate of drug-likeness (QED) is 0.602. The summed E-state index contributed by atoms with van der Waals surface area (Å²) in [6.45, 7) is 1.83. The molecular weight excluding hydrogens is 248 g/mol. The summed E-state index contributed by atoms with van der Waals surface area (Å²) in [7, 11) is 0. The smallest absolute Gasteiger partial charge is 0.258 e. The third-order valence-corrected chi connectivity index (χ3v) is 2.97. The number of nitro groups is 1. The minimum atomic E-state index is -0.475. The Morgan fingerprint density at radius 3 is 2.79 bits per heavy atom. The minimum Gasteiger partial charge on any atom is -0.258 e. The second-order valence-electron chi connectivity index (χ2n) is 2.79. The first-order valence-corrected chi connectivity index (χ1v) is 4.66. The van der Waals surface area contributed by atoms with E-state index in [4.69, 9.17) is 5.26 Å². The van der Waals surface area contributed by atoms with Crippen LogP contribution >= 0.6 is 15.9 Å². The molecule has 0 bridgehead atoms. The molecule has 0 aliphatic heterocycles. The fraction of sp³-hybridized carbons (Fsp3) is 0.222. The predicted molar refractivity (Wildman–Crippen MR) is 54.9 cm³/mol. The summed E-state index contributed by atoms with van der Waals surface area (Å²) in [4.78, 5) is 10.2. The molecule has 0 aliphatic carbocycles. The molecule has 0 atom stereocenters. The molecule has 72 valence electrons. The normalized spacial score (nSPS) is 9.50. The Morgan fingerprint density at radius 2 is 2.29 bits per heavy atom. The highest BCUT2D eigenvalue weighted by atomic mass is 79.9. The number of benzene rings is 1. The van der Waals surface area contributed by atoms with Crippen LogP contribution in [0.25, 0.3) is 0 Å². The summed E-state index contributed by atoms with van der Waals surface area (Å²) in [5.74, 6) is 0. The maximum Gasteiger partial charge on any atom is 0.274 e. The number of nitro benzene ring substituents is 1. The Bertz CT molecular complexity index is 424. The van der Waals surface area contributed by atoms with Gasteiger partial charge in [-0.1, -0.05) is 6.07 Å². The molecule has 1 aromatic rings. The van der Waals surface area contributed by atoms with Gasteiger partial charge in [0.2, 0.25) is 0 Å². The topological polar surface area (TPSA) is 66.9 Å². The number of hydrogen-bond donors (Lipinski definition) is 0. The third-order valence-electron chi connectivity index (χ3n) is 1.86. The molecule has 0 radical (unpaired) electrons. The summed E-state index contributed by atoms with van der Waals surface area (Å²) >= 11 is 3.24. The van der Waals surface area contributed by atoms with Crippen molar-refractivity contribution in [1.29, 1.82) is 5.26 Å². The Labute approximate surface area is 89.4 Å². The molecule has 14 heavy (non-hydrogen) atoms. The van der Waals surface area contributed by atoms with Gasteiger partial charge in [0.1, 0.15) is 0 Å². The standard InChI is InChI=1S/C9H7BrN2O2/c1-6-2-3-8(12(13)14)7(4-5-11)9(6)10/h2-3H,4H2,1H3. The van der Waals surface area contributed by atoms with E-state index in [1.54, 1.807) is 6.07 Å². The van der Waals surface area contributed by atoms with E-state index in [9.17, 15) is 10.1 Å². The van der Waals surface area contributed by atoms with Gasteiger partial charge < -0.3 is 0 Å². The van der Waals surface area contributed by atoms with Crippen molar-refractivity contribution < 1.29 is 4.92 Å². The number of rotatable bonds is 2. The monoisotopic (exact) mass is 254 g/mol. The van der Waals surface area contributed by atoms with Gasteiger partial charge in [0.25, 0.3) is 5.69 Å². The fourth-order valence-corrected chi connectivity index (χ4v) is 1.62. The minimum absolute atomic E-state index is 0.0102. The molecule has 0 heterocycles. The summed E-state index contributed by atoms with van der Waals surface area (Å²) in [5.41, 5.74) is 1.32. The van der Waals surface area contributed by atoms with Crippen LogP contribution in [0.2, 0.25) is 0 Å². The maximum absolute atomic E-state index is 10.6. The van der Waals surface area contributed by atoms with Crippen LogP contribution in [0.3, 0.4) is 0 Å². The molecule has 0 saturated heterocycles. The van der Waals surface area contributed by atoms with Crippen molar-refractivity contribution >= 4 is 21.6 Å². The van der Waals surface area contributed by atoms with Gasteiger partial charge in [0.05, 0.1) is 23.0 Å². The lowest BCUT2D eigenvalue weighted by Crippen LogP contribution is -1.97. The largest absolute Gasteiger partial charge is 0.274 e. The van der Waals surface area contributed by atoms with Gasteiger partial charge >= 0.3 is 0 Å². The van der Waals surface area contributed by atoms with E-state index in [-0.39, 0.29) is 12.1 Å². The lowest BCUT2D eigenvalue weighted by molar-refractivity contribution is -0.385. The average Bonchev–Trinajstić information content (AvgIpc) is 2.13. The van der Waals surface area contributed by atoms with Crippen molar-refractivity contribution in [2.45, 2.75) is 13.3 Å². The molecule has 0 amide bonds. The first-order valence-electron chi connectivity index (χ1n) is 3.87. The highest BCUT2D eigenvalue weighted by Crippen LogP contribution is 2.29. The number of aryl methyl sites for hydroxylation is 1. The summed E-state index contributed by atoms with van der Waals surface area (Å²) in [6.07, 6.45) is 0.0403. The van der Waals surface area contributed by atoms with Gasteiger partial charge in [-0.2, -0.15) is 5.26 Å². The van der Waals surface area contributed by atoms with E-state index in [1.807, 2.05) is 13.0 Å². The van der Waals surface area contributed by atoms with Crippen molar-refractivity contribution in [3.63, 3.8) is 0 Å². The molecule has 1 rings (SSSR count). The van der Waals surface area contributed by atoms with Crippen LogP contribution < -0.4 is 0 Å². The van der Waals surface area contributed by atoms with Crippen LogP contribution in [0.4, 0.5) is 5.69 Å². The summed E-state index contributed by atoms with van der Waals surface area (Å²) < 4.78 is 0.647. The van der Waals surface area contributed by atoms with Crippen LogP contribution in [-0.2, 0) is 6.42 Å². The van der Waals surface area contributed by atoms with Gasteiger partial charge in [0, 0.05) is 10.5 Å². The van der Waals surface area contributed by atoms with Gasteiger partial charge in [0.15, 0.2) is 0 Å². The lowest BCUT2D eigenvalue weighted by atomic mass is 10.1. The highest BCUT2D eigenvalue weighted by molar-refractivity contribution is 9.10. The van der Waals surface area contributed by atoms with E-state index in [0.29, 0.717) is 10.0 Å². The number of nitrogens with zero attached hydrogens (tertiary/aromatic N) is 2. The zero-order chi connectivity index (χ0) is 10.7. The Hall–Kier alpha value is -1.41. The summed E-state index contributed by atoms with van der Waals surface area (Å²) in [6, 6.07) is 4.99. The number of nitriles is 1. The average molecular weight is 255 g/mol. The second-order valence-corrected chi connectivity index (χ2v) is 3.58. The van der Waals surface area contributed by atoms with E-state index < -0.39 is 4.92 Å². The number of halogens is 1. The zero-order valence-corrected chi connectivity index (χ0v) is 9.04. The first-order chi connectivity index (χ1) is 6.57. The summed E-state index contributed by atoms with van der Waals surface area (Å²) in [5, 5.41) is 19.2. The molecule has 1 aromatic carbocycles. The maximum atomic E-state index is 10.6. The van der Waals surface area contributed by atoms with E-state index in [0.717, 1.165) is 5.56 Å². The van der Waals surface area contributed by atoms with Crippen molar-refractivity contribution in [3.8, 4) is 6.07 Å². The molecule has 0 N–H and O–H groups in total. The van der Waals surface area contributed by atoms with Crippen LogP contribution in [0.15, 0.2) is 16.6 Å². The van der Waals surface area contributed by atoms with Gasteiger partial charge in [-0.05, 0) is 28.4 Å². The van der Waals surface area contributed by atoms with Gasteiger partial charge in [-0.15, -0.1) is 0 Å². The van der Waals surface area contributed by atoms with Crippen LogP contribution in [0.1, 0.15) is 11.1 Å².